The van der Waals surface area contributed by atoms with Crippen molar-refractivity contribution in [1.82, 2.24) is 4.90 Å². The molecule has 1 aromatic rings. The highest BCUT2D eigenvalue weighted by atomic mass is 16.7. The fourth-order valence-corrected chi connectivity index (χ4v) is 2.66. The van der Waals surface area contributed by atoms with Gasteiger partial charge in [0.15, 0.2) is 11.5 Å². The maximum atomic E-state index is 12.3. The Morgan fingerprint density at radius 1 is 1.27 bits per heavy atom. The van der Waals surface area contributed by atoms with Gasteiger partial charge >= 0.3 is 12.1 Å². The normalized spacial score (nSPS) is 19.0. The predicted octanol–water partition coefficient (Wildman–Crippen LogP) is 2.68. The topological polar surface area (TPSA) is 94.5 Å². The van der Waals surface area contributed by atoms with Crippen LogP contribution < -0.4 is 9.47 Å². The molecule has 0 aromatic heterocycles. The minimum atomic E-state index is -1.18. The Labute approximate surface area is 151 Å². The summed E-state index contributed by atoms with van der Waals surface area (Å²) < 4.78 is 21.9. The predicted molar refractivity (Wildman–Crippen MR) is 90.5 cm³/mol. The number of ether oxygens (including phenoxy) is 4. The number of carbonyl (C=O) groups is 2. The van der Waals surface area contributed by atoms with Crippen molar-refractivity contribution in [1.29, 1.82) is 0 Å². The molecule has 2 aliphatic rings. The lowest BCUT2D eigenvalue weighted by molar-refractivity contribution is -0.128. The molecular weight excluding hydrogens is 342 g/mol. The summed E-state index contributed by atoms with van der Waals surface area (Å²) in [5.74, 6) is -1.70. The van der Waals surface area contributed by atoms with Crippen LogP contribution in [0.2, 0.25) is 0 Å². The van der Waals surface area contributed by atoms with Crippen LogP contribution in [0.25, 0.3) is 0 Å². The second-order valence-electron chi connectivity index (χ2n) is 7.80. The second-order valence-corrected chi connectivity index (χ2v) is 7.80. The first-order chi connectivity index (χ1) is 12.0. The maximum absolute atomic E-state index is 12.3. The van der Waals surface area contributed by atoms with E-state index in [-0.39, 0.29) is 28.9 Å². The van der Waals surface area contributed by atoms with Crippen LogP contribution >= 0.6 is 0 Å². The van der Waals surface area contributed by atoms with Gasteiger partial charge in [-0.3, -0.25) is 0 Å². The number of carbonyl (C=O) groups excluding carboxylic acids is 2. The summed E-state index contributed by atoms with van der Waals surface area (Å²) >= 11 is 0. The Morgan fingerprint density at radius 2 is 1.92 bits per heavy atom. The lowest BCUT2D eigenvalue weighted by Gasteiger charge is -2.40. The Hall–Kier alpha value is -2.64. The fourth-order valence-electron chi connectivity index (χ4n) is 2.66. The van der Waals surface area contributed by atoms with Crippen molar-refractivity contribution in [2.75, 3.05) is 13.1 Å². The van der Waals surface area contributed by atoms with Gasteiger partial charge in [0.2, 0.25) is 5.79 Å². The van der Waals surface area contributed by atoms with Crippen LogP contribution in [0, 0.1) is 0 Å². The van der Waals surface area contributed by atoms with Crippen molar-refractivity contribution in [3.63, 3.8) is 0 Å². The van der Waals surface area contributed by atoms with Gasteiger partial charge in [0.1, 0.15) is 23.0 Å². The Kier molecular flexibility index (Phi) is 4.17. The number of esters is 1. The minimum absolute atomic E-state index is 0.0343. The van der Waals surface area contributed by atoms with Crippen LogP contribution in [0.3, 0.4) is 0 Å². The lowest BCUT2D eigenvalue weighted by Crippen LogP contribution is -2.57. The van der Waals surface area contributed by atoms with Crippen LogP contribution in [0.15, 0.2) is 12.1 Å². The van der Waals surface area contributed by atoms with Gasteiger partial charge in [-0.05, 0) is 32.9 Å². The van der Waals surface area contributed by atoms with Gasteiger partial charge in [0.05, 0.1) is 13.1 Å². The molecule has 0 bridgehead atoms. The van der Waals surface area contributed by atoms with Crippen molar-refractivity contribution in [2.45, 2.75) is 52.1 Å². The third-order valence-electron chi connectivity index (χ3n) is 3.78. The molecule has 0 atom stereocenters. The van der Waals surface area contributed by atoms with Gasteiger partial charge in [-0.2, -0.15) is 0 Å². The van der Waals surface area contributed by atoms with Gasteiger partial charge in [0.25, 0.3) is 0 Å². The average molecular weight is 365 g/mol. The van der Waals surface area contributed by atoms with E-state index in [0.29, 0.717) is 13.1 Å². The molecule has 0 spiro atoms. The third-order valence-corrected chi connectivity index (χ3v) is 3.78. The Morgan fingerprint density at radius 3 is 2.54 bits per heavy atom. The zero-order valence-electron chi connectivity index (χ0n) is 15.5. The molecule has 26 heavy (non-hydrogen) atoms. The van der Waals surface area contributed by atoms with E-state index in [1.807, 2.05) is 0 Å². The van der Waals surface area contributed by atoms with Crippen LogP contribution in [-0.2, 0) is 9.47 Å². The molecule has 0 saturated carbocycles. The fraction of sp³-hybridized carbons (Fsp3) is 0.556. The summed E-state index contributed by atoms with van der Waals surface area (Å²) in [6, 6.07) is 2.88. The summed E-state index contributed by atoms with van der Waals surface area (Å²) in [5, 5.41) is 10.0. The first-order valence-electron chi connectivity index (χ1n) is 8.38. The molecule has 8 heteroatoms. The Bertz CT molecular complexity index is 745. The van der Waals surface area contributed by atoms with E-state index in [1.54, 1.807) is 34.6 Å². The van der Waals surface area contributed by atoms with Crippen LogP contribution in [0.1, 0.15) is 45.0 Å². The largest absolute Gasteiger partial charge is 0.504 e. The van der Waals surface area contributed by atoms with E-state index in [9.17, 15) is 14.7 Å². The van der Waals surface area contributed by atoms with E-state index >= 15 is 0 Å². The first kappa shape index (κ1) is 18.2. The molecule has 0 unspecified atom stereocenters. The number of cyclic esters (lactones) is 1. The first-order valence-corrected chi connectivity index (χ1v) is 8.38. The van der Waals surface area contributed by atoms with E-state index < -0.39 is 23.5 Å². The van der Waals surface area contributed by atoms with Crippen molar-refractivity contribution >= 4 is 12.1 Å². The van der Waals surface area contributed by atoms with Gasteiger partial charge in [-0.1, -0.05) is 0 Å². The van der Waals surface area contributed by atoms with Gasteiger partial charge in [-0.15, -0.1) is 0 Å². The molecule has 1 amide bonds. The molecule has 1 aromatic carbocycles. The molecule has 1 saturated heterocycles. The molecule has 8 nitrogen and oxygen atoms in total. The summed E-state index contributed by atoms with van der Waals surface area (Å²) in [4.78, 5) is 25.8. The standard InChI is InChI=1S/C18H23NO7/c1-17(2,3)26-16(22)19-8-10(9-19)23-12-7-6-11(20)14-13(12)15(21)25-18(4,5)24-14/h6-7,10,20H,8-9H2,1-5H3. The molecule has 142 valence electrons. The summed E-state index contributed by atoms with van der Waals surface area (Å²) in [6.45, 7) is 9.23. The summed E-state index contributed by atoms with van der Waals surface area (Å²) in [6.07, 6.45) is -0.700. The molecule has 1 N–H and O–H groups in total. The van der Waals surface area contributed by atoms with Crippen molar-refractivity contribution in [2.24, 2.45) is 0 Å². The van der Waals surface area contributed by atoms with Gasteiger partial charge in [0, 0.05) is 13.8 Å². The number of phenolic OH excluding ortho intramolecular Hbond substituents is 1. The van der Waals surface area contributed by atoms with Crippen molar-refractivity contribution < 1.29 is 33.6 Å². The summed E-state index contributed by atoms with van der Waals surface area (Å²) in [7, 11) is 0. The number of benzene rings is 1. The highest BCUT2D eigenvalue weighted by Gasteiger charge is 2.40. The number of aromatic hydroxyl groups is 1. The number of likely N-dealkylation sites (tertiary alicyclic amines) is 1. The Balaban J connectivity index is 1.70. The smallest absolute Gasteiger partial charge is 0.410 e. The van der Waals surface area contributed by atoms with E-state index in [0.717, 1.165) is 0 Å². The van der Waals surface area contributed by atoms with Crippen LogP contribution in [0.5, 0.6) is 17.2 Å². The number of rotatable bonds is 2. The van der Waals surface area contributed by atoms with E-state index in [4.69, 9.17) is 18.9 Å². The van der Waals surface area contributed by atoms with Crippen molar-refractivity contribution in [3.8, 4) is 17.2 Å². The quantitative estimate of drug-likeness (QED) is 0.805. The third kappa shape index (κ3) is 3.63. The van der Waals surface area contributed by atoms with Crippen LogP contribution in [-0.4, -0.2) is 52.7 Å². The van der Waals surface area contributed by atoms with Crippen molar-refractivity contribution in [3.05, 3.63) is 17.7 Å². The lowest BCUT2D eigenvalue weighted by atomic mass is 10.1. The highest BCUT2D eigenvalue weighted by molar-refractivity contribution is 5.97. The molecule has 3 rings (SSSR count). The molecule has 2 aliphatic heterocycles. The van der Waals surface area contributed by atoms with E-state index in [2.05, 4.69) is 0 Å². The summed E-state index contributed by atoms with van der Waals surface area (Å²) in [5.41, 5.74) is -0.521. The van der Waals surface area contributed by atoms with Gasteiger partial charge in [-0.25, -0.2) is 9.59 Å². The molecule has 0 aliphatic carbocycles. The average Bonchev–Trinajstić information content (AvgIpc) is 2.41. The zero-order chi connectivity index (χ0) is 19.3. The minimum Gasteiger partial charge on any atom is -0.504 e. The second kappa shape index (κ2) is 5.96. The van der Waals surface area contributed by atoms with Gasteiger partial charge < -0.3 is 29.0 Å². The number of hydrogen-bond donors (Lipinski definition) is 1. The SMILES string of the molecule is CC(C)(C)OC(=O)N1CC(Oc2ccc(O)c3c2C(=O)OC(C)(C)O3)C1. The zero-order valence-corrected chi connectivity index (χ0v) is 15.5. The van der Waals surface area contributed by atoms with Crippen LogP contribution in [0.4, 0.5) is 4.79 Å². The number of fused-ring (bicyclic) bond motifs is 1. The molecule has 1 fully saturated rings. The molecular formula is C18H23NO7. The highest BCUT2D eigenvalue weighted by Crippen LogP contribution is 2.43. The monoisotopic (exact) mass is 365 g/mol. The number of hydrogen-bond acceptors (Lipinski definition) is 7. The van der Waals surface area contributed by atoms with E-state index in [1.165, 1.54) is 17.0 Å². The molecule has 2 heterocycles. The number of amides is 1. The number of phenols is 1. The molecule has 0 radical (unpaired) electrons. The maximum Gasteiger partial charge on any atom is 0.410 e. The number of nitrogens with zero attached hydrogens (tertiary/aromatic N) is 1.